The van der Waals surface area contributed by atoms with Gasteiger partial charge in [0, 0.05) is 10.6 Å². The molecule has 0 heterocycles. The standard InChI is InChI=1S/C16H17ClO/c1-2-6-12-7-5-8-13(11-12)16(18)14-9-3-4-10-15(14)17/h3-5,7-11,16,18H,2,6H2,1H3. The third-order valence-corrected chi connectivity index (χ3v) is 3.35. The molecule has 0 radical (unpaired) electrons. The van der Waals surface area contributed by atoms with Gasteiger partial charge in [0.2, 0.25) is 0 Å². The molecule has 2 heteroatoms. The number of benzene rings is 2. The molecule has 0 saturated heterocycles. The SMILES string of the molecule is CCCc1cccc(C(O)c2ccccc2Cl)c1. The van der Waals surface area contributed by atoms with Gasteiger partial charge in [-0.1, -0.05) is 67.4 Å². The van der Waals surface area contributed by atoms with E-state index < -0.39 is 6.10 Å². The van der Waals surface area contributed by atoms with Crippen molar-refractivity contribution in [1.82, 2.24) is 0 Å². The van der Waals surface area contributed by atoms with Crippen molar-refractivity contribution in [1.29, 1.82) is 0 Å². The lowest BCUT2D eigenvalue weighted by Gasteiger charge is -2.14. The molecule has 0 amide bonds. The van der Waals surface area contributed by atoms with Crippen LogP contribution in [0.1, 0.15) is 36.1 Å². The topological polar surface area (TPSA) is 20.2 Å². The molecule has 0 spiro atoms. The van der Waals surface area contributed by atoms with Crippen LogP contribution in [0.15, 0.2) is 48.5 Å². The highest BCUT2D eigenvalue weighted by Gasteiger charge is 2.13. The molecule has 0 aliphatic heterocycles. The lowest BCUT2D eigenvalue weighted by atomic mass is 9.98. The minimum absolute atomic E-state index is 0.603. The van der Waals surface area contributed by atoms with Crippen LogP contribution in [0.25, 0.3) is 0 Å². The van der Waals surface area contributed by atoms with Crippen molar-refractivity contribution in [3.05, 3.63) is 70.2 Å². The molecule has 2 rings (SSSR count). The van der Waals surface area contributed by atoms with Crippen molar-refractivity contribution in [2.75, 3.05) is 0 Å². The first kappa shape index (κ1) is 13.1. The summed E-state index contributed by atoms with van der Waals surface area (Å²) in [5.41, 5.74) is 2.91. The second kappa shape index (κ2) is 6.03. The van der Waals surface area contributed by atoms with Crippen molar-refractivity contribution in [2.45, 2.75) is 25.9 Å². The Hall–Kier alpha value is -1.31. The quantitative estimate of drug-likeness (QED) is 0.865. The van der Waals surface area contributed by atoms with Crippen molar-refractivity contribution in [3.63, 3.8) is 0 Å². The number of halogens is 1. The van der Waals surface area contributed by atoms with E-state index in [-0.39, 0.29) is 0 Å². The van der Waals surface area contributed by atoms with E-state index in [1.54, 1.807) is 6.07 Å². The number of aliphatic hydroxyl groups is 1. The van der Waals surface area contributed by atoms with Gasteiger partial charge in [-0.05, 0) is 23.6 Å². The van der Waals surface area contributed by atoms with Gasteiger partial charge in [-0.2, -0.15) is 0 Å². The van der Waals surface area contributed by atoms with Gasteiger partial charge in [0.25, 0.3) is 0 Å². The van der Waals surface area contributed by atoms with Gasteiger partial charge < -0.3 is 5.11 Å². The third-order valence-electron chi connectivity index (χ3n) is 3.01. The van der Waals surface area contributed by atoms with Crippen LogP contribution in [0.5, 0.6) is 0 Å². The molecule has 0 aliphatic carbocycles. The summed E-state index contributed by atoms with van der Waals surface area (Å²) in [5.74, 6) is 0. The zero-order valence-corrected chi connectivity index (χ0v) is 11.2. The smallest absolute Gasteiger partial charge is 0.105 e. The molecule has 0 fully saturated rings. The summed E-state index contributed by atoms with van der Waals surface area (Å²) in [6.45, 7) is 2.15. The van der Waals surface area contributed by atoms with E-state index in [9.17, 15) is 5.11 Å². The van der Waals surface area contributed by atoms with Gasteiger partial charge in [-0.3, -0.25) is 0 Å². The van der Waals surface area contributed by atoms with E-state index in [1.165, 1.54) is 5.56 Å². The van der Waals surface area contributed by atoms with E-state index in [4.69, 9.17) is 11.6 Å². The monoisotopic (exact) mass is 260 g/mol. The molecule has 18 heavy (non-hydrogen) atoms. The Bertz CT molecular complexity index is 522. The zero-order valence-electron chi connectivity index (χ0n) is 10.4. The molecule has 94 valence electrons. The van der Waals surface area contributed by atoms with Crippen LogP contribution < -0.4 is 0 Å². The van der Waals surface area contributed by atoms with E-state index in [2.05, 4.69) is 19.1 Å². The Morgan fingerprint density at radius 2 is 1.89 bits per heavy atom. The predicted molar refractivity (Wildman–Crippen MR) is 76.0 cm³/mol. The van der Waals surface area contributed by atoms with E-state index in [0.717, 1.165) is 24.0 Å². The first-order valence-corrected chi connectivity index (χ1v) is 6.61. The summed E-state index contributed by atoms with van der Waals surface area (Å²) in [4.78, 5) is 0. The summed E-state index contributed by atoms with van der Waals surface area (Å²) >= 11 is 6.11. The van der Waals surface area contributed by atoms with Crippen LogP contribution in [0.3, 0.4) is 0 Å². The van der Waals surface area contributed by atoms with Crippen molar-refractivity contribution < 1.29 is 5.11 Å². The second-order valence-corrected chi connectivity index (χ2v) is 4.83. The summed E-state index contributed by atoms with van der Waals surface area (Å²) in [6.07, 6.45) is 1.48. The molecule has 0 saturated carbocycles. The van der Waals surface area contributed by atoms with Crippen LogP contribution in [0, 0.1) is 0 Å². The van der Waals surface area contributed by atoms with E-state index in [1.807, 2.05) is 30.3 Å². The Balaban J connectivity index is 2.31. The minimum Gasteiger partial charge on any atom is -0.384 e. The first-order valence-electron chi connectivity index (χ1n) is 6.23. The Morgan fingerprint density at radius 1 is 1.11 bits per heavy atom. The number of rotatable bonds is 4. The number of hydrogen-bond acceptors (Lipinski definition) is 1. The van der Waals surface area contributed by atoms with Gasteiger partial charge in [0.1, 0.15) is 6.10 Å². The lowest BCUT2D eigenvalue weighted by molar-refractivity contribution is 0.220. The van der Waals surface area contributed by atoms with Crippen LogP contribution in [-0.4, -0.2) is 5.11 Å². The van der Waals surface area contributed by atoms with E-state index in [0.29, 0.717) is 5.02 Å². The average molecular weight is 261 g/mol. The van der Waals surface area contributed by atoms with Crippen LogP contribution in [0.2, 0.25) is 5.02 Å². The molecular weight excluding hydrogens is 244 g/mol. The fourth-order valence-corrected chi connectivity index (χ4v) is 2.32. The fraction of sp³-hybridized carbons (Fsp3) is 0.250. The molecule has 1 unspecified atom stereocenters. The molecule has 0 aromatic heterocycles. The van der Waals surface area contributed by atoms with Crippen LogP contribution in [0.4, 0.5) is 0 Å². The summed E-state index contributed by atoms with van der Waals surface area (Å²) in [7, 11) is 0. The largest absolute Gasteiger partial charge is 0.384 e. The molecular formula is C16H17ClO. The first-order chi connectivity index (χ1) is 8.72. The second-order valence-electron chi connectivity index (χ2n) is 4.42. The molecule has 0 bridgehead atoms. The number of hydrogen-bond donors (Lipinski definition) is 1. The Morgan fingerprint density at radius 3 is 2.61 bits per heavy atom. The van der Waals surface area contributed by atoms with Crippen molar-refractivity contribution >= 4 is 11.6 Å². The molecule has 2 aromatic rings. The summed E-state index contributed by atoms with van der Waals surface area (Å²) < 4.78 is 0. The van der Waals surface area contributed by atoms with Crippen molar-refractivity contribution in [3.8, 4) is 0 Å². The highest BCUT2D eigenvalue weighted by atomic mass is 35.5. The van der Waals surface area contributed by atoms with Gasteiger partial charge in [0.15, 0.2) is 0 Å². The third kappa shape index (κ3) is 2.92. The molecule has 0 aliphatic rings. The predicted octanol–water partition coefficient (Wildman–Crippen LogP) is 4.37. The Kier molecular flexibility index (Phi) is 4.40. The van der Waals surface area contributed by atoms with E-state index >= 15 is 0 Å². The molecule has 2 aromatic carbocycles. The van der Waals surface area contributed by atoms with Gasteiger partial charge in [0.05, 0.1) is 0 Å². The van der Waals surface area contributed by atoms with Crippen LogP contribution >= 0.6 is 11.6 Å². The highest BCUT2D eigenvalue weighted by Crippen LogP contribution is 2.28. The normalized spacial score (nSPS) is 12.4. The van der Waals surface area contributed by atoms with Gasteiger partial charge in [-0.15, -0.1) is 0 Å². The maximum atomic E-state index is 10.4. The van der Waals surface area contributed by atoms with Gasteiger partial charge >= 0.3 is 0 Å². The molecule has 1 atom stereocenters. The fourth-order valence-electron chi connectivity index (χ4n) is 2.08. The maximum Gasteiger partial charge on any atom is 0.105 e. The minimum atomic E-state index is -0.657. The van der Waals surface area contributed by atoms with Gasteiger partial charge in [-0.25, -0.2) is 0 Å². The molecule has 1 nitrogen and oxygen atoms in total. The highest BCUT2D eigenvalue weighted by molar-refractivity contribution is 6.31. The number of aryl methyl sites for hydroxylation is 1. The number of aliphatic hydroxyl groups excluding tert-OH is 1. The Labute approximate surface area is 113 Å². The zero-order chi connectivity index (χ0) is 13.0. The lowest BCUT2D eigenvalue weighted by Crippen LogP contribution is -2.01. The van der Waals surface area contributed by atoms with Crippen molar-refractivity contribution in [2.24, 2.45) is 0 Å². The van der Waals surface area contributed by atoms with Crippen LogP contribution in [-0.2, 0) is 6.42 Å². The maximum absolute atomic E-state index is 10.4. The summed E-state index contributed by atoms with van der Waals surface area (Å²) in [6, 6.07) is 15.5. The molecule has 1 N–H and O–H groups in total. The average Bonchev–Trinajstić information content (AvgIpc) is 2.39. The summed E-state index contributed by atoms with van der Waals surface area (Å²) in [5, 5.41) is 11.0.